The van der Waals surface area contributed by atoms with Crippen molar-refractivity contribution in [3.05, 3.63) is 53.7 Å². The Hall–Kier alpha value is -3.99. The van der Waals surface area contributed by atoms with Gasteiger partial charge in [0.2, 0.25) is 5.91 Å². The summed E-state index contributed by atoms with van der Waals surface area (Å²) in [6, 6.07) is 8.58. The summed E-state index contributed by atoms with van der Waals surface area (Å²) >= 11 is 0. The molecule has 8 rings (SSSR count). The molecule has 2 aromatic heterocycles. The van der Waals surface area contributed by atoms with E-state index in [1.54, 1.807) is 18.3 Å². The molecular formula is C34H35F3N6O2. The van der Waals surface area contributed by atoms with Gasteiger partial charge in [0.1, 0.15) is 35.6 Å². The van der Waals surface area contributed by atoms with E-state index in [4.69, 9.17) is 9.72 Å². The highest BCUT2D eigenvalue weighted by Crippen LogP contribution is 2.42. The molecule has 1 N–H and O–H groups in total. The molecule has 4 fully saturated rings. The van der Waals surface area contributed by atoms with E-state index in [1.807, 2.05) is 24.0 Å². The fraction of sp³-hybridized carbons (Fsp3) is 0.471. The van der Waals surface area contributed by atoms with E-state index in [2.05, 4.69) is 20.2 Å². The number of piperidine rings is 1. The van der Waals surface area contributed by atoms with Gasteiger partial charge in [-0.25, -0.2) is 13.2 Å². The first kappa shape index (κ1) is 28.5. The van der Waals surface area contributed by atoms with Gasteiger partial charge >= 0.3 is 6.01 Å². The Morgan fingerprint density at radius 2 is 1.98 bits per heavy atom. The van der Waals surface area contributed by atoms with Crippen LogP contribution in [0.15, 0.2) is 36.5 Å². The van der Waals surface area contributed by atoms with E-state index in [1.165, 1.54) is 6.07 Å². The maximum Gasteiger partial charge on any atom is 0.319 e. The lowest BCUT2D eigenvalue weighted by atomic mass is 9.74. The minimum Gasteiger partial charge on any atom is -0.461 e. The Labute approximate surface area is 259 Å². The molecule has 4 aliphatic rings. The number of nitrogens with one attached hydrogen (secondary N) is 1. The van der Waals surface area contributed by atoms with E-state index in [-0.39, 0.29) is 35.6 Å². The lowest BCUT2D eigenvalue weighted by Crippen LogP contribution is -2.65. The SMILES string of the molecule is CCc1c(F)ccc2cccc(-c3ncc4c(N5CCCC6(CNC6=O)C5)nc(OC[C@@]56CCCN5C[C@H](F)C6)nc4c3F)c12. The molecule has 45 heavy (non-hydrogen) atoms. The Bertz CT molecular complexity index is 1850. The number of amides is 1. The zero-order valence-electron chi connectivity index (χ0n) is 25.2. The Morgan fingerprint density at radius 3 is 2.78 bits per heavy atom. The number of aryl methyl sites for hydroxylation is 1. The number of carbonyl (C=O) groups excluding carboxylic acids is 1. The first-order valence-electron chi connectivity index (χ1n) is 15.9. The van der Waals surface area contributed by atoms with E-state index in [9.17, 15) is 13.6 Å². The molecule has 0 saturated carbocycles. The average Bonchev–Trinajstić information content (AvgIpc) is 3.58. The van der Waals surface area contributed by atoms with E-state index in [0.717, 1.165) is 37.6 Å². The highest BCUT2D eigenvalue weighted by Gasteiger charge is 2.50. The van der Waals surface area contributed by atoms with Crippen LogP contribution in [-0.4, -0.2) is 76.8 Å². The molecule has 1 spiro atoms. The number of ether oxygens (including phenoxy) is 1. The van der Waals surface area contributed by atoms with E-state index < -0.39 is 22.9 Å². The molecule has 0 aliphatic carbocycles. The van der Waals surface area contributed by atoms with Crippen molar-refractivity contribution in [1.82, 2.24) is 25.2 Å². The van der Waals surface area contributed by atoms with Crippen molar-refractivity contribution in [2.24, 2.45) is 5.41 Å². The number of rotatable bonds is 6. The monoisotopic (exact) mass is 616 g/mol. The van der Waals surface area contributed by atoms with Gasteiger partial charge in [0.15, 0.2) is 5.82 Å². The van der Waals surface area contributed by atoms with Crippen LogP contribution in [0.4, 0.5) is 19.0 Å². The summed E-state index contributed by atoms with van der Waals surface area (Å²) in [7, 11) is 0. The fourth-order valence-electron chi connectivity index (χ4n) is 8.19. The summed E-state index contributed by atoms with van der Waals surface area (Å²) < 4.78 is 52.4. The molecule has 1 unspecified atom stereocenters. The van der Waals surface area contributed by atoms with Crippen LogP contribution in [0, 0.1) is 17.0 Å². The maximum absolute atomic E-state index is 16.8. The number of hydrogen-bond donors (Lipinski definition) is 1. The van der Waals surface area contributed by atoms with Crippen LogP contribution in [0.25, 0.3) is 32.9 Å². The molecule has 234 valence electrons. The molecule has 4 aliphatic heterocycles. The van der Waals surface area contributed by atoms with Gasteiger partial charge in [-0.05, 0) is 61.1 Å². The molecule has 0 radical (unpaired) electrons. The Morgan fingerprint density at radius 1 is 1.11 bits per heavy atom. The van der Waals surface area contributed by atoms with E-state index in [0.29, 0.717) is 66.7 Å². The molecular weight excluding hydrogens is 581 g/mol. The topological polar surface area (TPSA) is 83.5 Å². The summed E-state index contributed by atoms with van der Waals surface area (Å²) in [4.78, 5) is 30.7. The molecule has 3 atom stereocenters. The van der Waals surface area contributed by atoms with Crippen LogP contribution in [-0.2, 0) is 11.2 Å². The van der Waals surface area contributed by atoms with Gasteiger partial charge in [-0.3, -0.25) is 14.7 Å². The summed E-state index contributed by atoms with van der Waals surface area (Å²) in [5.41, 5.74) is 0.151. The van der Waals surface area contributed by atoms with Gasteiger partial charge in [-0.15, -0.1) is 0 Å². The molecule has 2 aromatic carbocycles. The lowest BCUT2D eigenvalue weighted by molar-refractivity contribution is -0.140. The number of aromatic nitrogens is 3. The largest absolute Gasteiger partial charge is 0.461 e. The zero-order valence-corrected chi connectivity index (χ0v) is 25.2. The van der Waals surface area contributed by atoms with Crippen molar-refractivity contribution in [3.8, 4) is 17.3 Å². The molecule has 11 heteroatoms. The first-order chi connectivity index (χ1) is 21.8. The van der Waals surface area contributed by atoms with Gasteiger partial charge in [0.25, 0.3) is 0 Å². The smallest absolute Gasteiger partial charge is 0.319 e. The predicted molar refractivity (Wildman–Crippen MR) is 165 cm³/mol. The number of nitrogens with zero attached hydrogens (tertiary/aromatic N) is 5. The molecule has 4 saturated heterocycles. The third-order valence-corrected chi connectivity index (χ3v) is 10.5. The summed E-state index contributed by atoms with van der Waals surface area (Å²) in [6.07, 6.45) is 4.81. The van der Waals surface area contributed by atoms with Gasteiger partial charge < -0.3 is 15.0 Å². The van der Waals surface area contributed by atoms with E-state index >= 15 is 4.39 Å². The van der Waals surface area contributed by atoms with Crippen molar-refractivity contribution in [2.45, 2.75) is 57.2 Å². The second-order valence-electron chi connectivity index (χ2n) is 13.1. The van der Waals surface area contributed by atoms with Crippen molar-refractivity contribution < 1.29 is 22.7 Å². The molecule has 1 amide bonds. The Kier molecular flexibility index (Phi) is 6.67. The second-order valence-corrected chi connectivity index (χ2v) is 13.1. The molecule has 8 nitrogen and oxygen atoms in total. The lowest BCUT2D eigenvalue weighted by Gasteiger charge is -2.47. The van der Waals surface area contributed by atoms with Crippen LogP contribution in [0.1, 0.15) is 44.6 Å². The number of fused-ring (bicyclic) bond motifs is 3. The van der Waals surface area contributed by atoms with Crippen LogP contribution >= 0.6 is 0 Å². The maximum atomic E-state index is 16.8. The number of benzene rings is 2. The van der Waals surface area contributed by atoms with Crippen molar-refractivity contribution in [2.75, 3.05) is 44.2 Å². The van der Waals surface area contributed by atoms with Gasteiger partial charge in [-0.2, -0.15) is 9.97 Å². The van der Waals surface area contributed by atoms with Gasteiger partial charge in [-0.1, -0.05) is 31.2 Å². The number of pyridine rings is 1. The third kappa shape index (κ3) is 4.45. The normalized spacial score (nSPS) is 26.4. The number of hydrogen-bond acceptors (Lipinski definition) is 7. The molecule has 0 bridgehead atoms. The third-order valence-electron chi connectivity index (χ3n) is 10.5. The summed E-state index contributed by atoms with van der Waals surface area (Å²) in [5, 5.41) is 4.69. The van der Waals surface area contributed by atoms with Crippen molar-refractivity contribution in [3.63, 3.8) is 0 Å². The van der Waals surface area contributed by atoms with Crippen LogP contribution < -0.4 is 15.0 Å². The number of carbonyl (C=O) groups is 1. The highest BCUT2D eigenvalue weighted by molar-refractivity contribution is 6.01. The van der Waals surface area contributed by atoms with Crippen molar-refractivity contribution in [1.29, 1.82) is 0 Å². The standard InChI is InChI=1S/C34H35F3N6O2/c1-2-22-25(36)9-8-20-6-3-7-23(26(20)22)28-27(37)29-24(15-38-28)30(42-12-4-10-33(18-42)17-39-31(33)44)41-32(40-29)45-19-34-11-5-13-43(34)16-21(35)14-34/h3,6-9,15,21H,2,4-5,10-14,16-19H2,1H3,(H,39,44)/t21-,33?,34+/m1/s1. The Balaban J connectivity index is 1.26. The number of alkyl halides is 1. The first-order valence-corrected chi connectivity index (χ1v) is 15.9. The number of halogens is 3. The molecule has 6 heterocycles. The predicted octanol–water partition coefficient (Wildman–Crippen LogP) is 5.36. The minimum absolute atomic E-state index is 0.00739. The second kappa shape index (κ2) is 10.5. The van der Waals surface area contributed by atoms with Crippen LogP contribution in [0.2, 0.25) is 0 Å². The van der Waals surface area contributed by atoms with Gasteiger partial charge in [0, 0.05) is 44.4 Å². The fourth-order valence-corrected chi connectivity index (χ4v) is 8.19. The average molecular weight is 617 g/mol. The highest BCUT2D eigenvalue weighted by atomic mass is 19.1. The minimum atomic E-state index is -0.912. The quantitative estimate of drug-likeness (QED) is 0.292. The van der Waals surface area contributed by atoms with Crippen LogP contribution in [0.5, 0.6) is 6.01 Å². The zero-order chi connectivity index (χ0) is 30.9. The van der Waals surface area contributed by atoms with Crippen LogP contribution in [0.3, 0.4) is 0 Å². The van der Waals surface area contributed by atoms with Gasteiger partial charge in [0.05, 0.1) is 16.3 Å². The number of anilines is 1. The summed E-state index contributed by atoms with van der Waals surface area (Å²) in [5.74, 6) is -0.523. The summed E-state index contributed by atoms with van der Waals surface area (Å²) in [6.45, 7) is 4.94. The number of β-lactam (4-membered cyclic amide) rings is 1. The molecule has 4 aromatic rings. The van der Waals surface area contributed by atoms with Crippen molar-refractivity contribution >= 4 is 33.4 Å².